The van der Waals surface area contributed by atoms with E-state index in [0.29, 0.717) is 23.2 Å². The Kier molecular flexibility index (Phi) is 4.65. The zero-order valence-electron chi connectivity index (χ0n) is 13.1. The number of hydrogen-bond acceptors (Lipinski definition) is 6. The predicted molar refractivity (Wildman–Crippen MR) is 80.2 cm³/mol. The number of halogens is 3. The molecule has 0 atom stereocenters. The first-order valence-electron chi connectivity index (χ1n) is 7.38. The molecule has 3 aromatic rings. The summed E-state index contributed by atoms with van der Waals surface area (Å²) in [5.74, 6) is -0.596. The molecule has 3 rings (SSSR count). The molecule has 0 unspecified atom stereocenters. The van der Waals surface area contributed by atoms with Gasteiger partial charge in [0.25, 0.3) is 5.91 Å². The van der Waals surface area contributed by atoms with Gasteiger partial charge in [0.1, 0.15) is 0 Å². The molecular weight excluding hydrogens is 355 g/mol. The summed E-state index contributed by atoms with van der Waals surface area (Å²) in [5.41, 5.74) is 1.20. The van der Waals surface area contributed by atoms with Gasteiger partial charge >= 0.3 is 6.18 Å². The lowest BCUT2D eigenvalue weighted by Gasteiger charge is -2.04. The van der Waals surface area contributed by atoms with Crippen LogP contribution >= 0.6 is 0 Å². The minimum atomic E-state index is -4.32. The topological polar surface area (TPSA) is 107 Å². The summed E-state index contributed by atoms with van der Waals surface area (Å²) in [6, 6.07) is 1.54. The van der Waals surface area contributed by atoms with Gasteiger partial charge in [0.05, 0.1) is 43.8 Å². The van der Waals surface area contributed by atoms with E-state index in [0.717, 1.165) is 11.0 Å². The fourth-order valence-corrected chi connectivity index (χ4v) is 2.09. The molecule has 0 radical (unpaired) electrons. The molecule has 0 aliphatic rings. The van der Waals surface area contributed by atoms with E-state index < -0.39 is 25.0 Å². The van der Waals surface area contributed by atoms with Crippen molar-refractivity contribution in [2.45, 2.75) is 25.7 Å². The van der Waals surface area contributed by atoms with Gasteiger partial charge in [-0.3, -0.25) is 9.59 Å². The summed E-state index contributed by atoms with van der Waals surface area (Å²) >= 11 is 0. The summed E-state index contributed by atoms with van der Waals surface area (Å²) in [6.07, 6.45) is -0.719. The number of nitrogens with zero attached hydrogens (tertiary/aromatic N) is 6. The van der Waals surface area contributed by atoms with Gasteiger partial charge in [0.15, 0.2) is 17.6 Å². The van der Waals surface area contributed by atoms with Crippen LogP contribution in [0, 0.1) is 0 Å². The second-order valence-corrected chi connectivity index (χ2v) is 5.32. The van der Waals surface area contributed by atoms with E-state index in [-0.39, 0.29) is 12.2 Å². The molecule has 0 aromatic carbocycles. The van der Waals surface area contributed by atoms with Crippen LogP contribution in [0.3, 0.4) is 0 Å². The minimum absolute atomic E-state index is 0.0496. The van der Waals surface area contributed by atoms with Gasteiger partial charge < -0.3 is 5.32 Å². The molecule has 0 spiro atoms. The first kappa shape index (κ1) is 17.5. The number of aldehydes is 1. The minimum Gasteiger partial charge on any atom is -0.345 e. The summed E-state index contributed by atoms with van der Waals surface area (Å²) in [5, 5.41) is 13.9. The number of amides is 1. The highest BCUT2D eigenvalue weighted by Gasteiger charge is 2.27. The van der Waals surface area contributed by atoms with Gasteiger partial charge in [-0.15, -0.1) is 5.10 Å². The quantitative estimate of drug-likeness (QED) is 0.652. The molecule has 0 saturated heterocycles. The van der Waals surface area contributed by atoms with E-state index in [2.05, 4.69) is 25.6 Å². The second-order valence-electron chi connectivity index (χ2n) is 5.32. The Hall–Kier alpha value is -3.31. The molecule has 1 amide bonds. The Labute approximate surface area is 143 Å². The normalized spacial score (nSPS) is 11.7. The average Bonchev–Trinajstić information content (AvgIpc) is 3.23. The van der Waals surface area contributed by atoms with E-state index in [4.69, 9.17) is 0 Å². The van der Waals surface area contributed by atoms with Crippen molar-refractivity contribution in [2.24, 2.45) is 0 Å². The monoisotopic (exact) mass is 367 g/mol. The third kappa shape index (κ3) is 4.20. The molecular formula is C14H12F3N7O2. The first-order chi connectivity index (χ1) is 12.3. The fraction of sp³-hybridized carbons (Fsp3) is 0.286. The Morgan fingerprint density at radius 3 is 2.81 bits per heavy atom. The SMILES string of the molecule is O=Cc1cnn2cc(CNC(=O)c3cnn(CCC(F)(F)F)n3)nc2c1. The van der Waals surface area contributed by atoms with Crippen molar-refractivity contribution in [3.63, 3.8) is 0 Å². The number of nitrogens with one attached hydrogen (secondary N) is 1. The number of carbonyl (C=O) groups is 2. The van der Waals surface area contributed by atoms with Crippen molar-refractivity contribution < 1.29 is 22.8 Å². The number of imidazole rings is 1. The number of alkyl halides is 3. The molecule has 0 saturated carbocycles. The van der Waals surface area contributed by atoms with Crippen LogP contribution in [0.5, 0.6) is 0 Å². The Morgan fingerprint density at radius 2 is 2.08 bits per heavy atom. The van der Waals surface area contributed by atoms with Gasteiger partial charge in [0, 0.05) is 5.56 Å². The van der Waals surface area contributed by atoms with Crippen LogP contribution in [0.15, 0.2) is 24.7 Å². The molecule has 1 N–H and O–H groups in total. The Balaban J connectivity index is 1.60. The molecule has 9 nitrogen and oxygen atoms in total. The molecule has 0 fully saturated rings. The van der Waals surface area contributed by atoms with Gasteiger partial charge in [-0.2, -0.15) is 28.2 Å². The van der Waals surface area contributed by atoms with E-state index in [1.807, 2.05) is 0 Å². The highest BCUT2D eigenvalue weighted by Crippen LogP contribution is 2.19. The van der Waals surface area contributed by atoms with Crippen LogP contribution in [-0.4, -0.2) is 48.0 Å². The average molecular weight is 367 g/mol. The van der Waals surface area contributed by atoms with E-state index in [9.17, 15) is 22.8 Å². The molecule has 26 heavy (non-hydrogen) atoms. The molecule has 12 heteroatoms. The van der Waals surface area contributed by atoms with Crippen LogP contribution in [0.25, 0.3) is 5.65 Å². The maximum Gasteiger partial charge on any atom is 0.390 e. The lowest BCUT2D eigenvalue weighted by atomic mass is 10.3. The lowest BCUT2D eigenvalue weighted by molar-refractivity contribution is -0.137. The third-order valence-electron chi connectivity index (χ3n) is 3.32. The zero-order valence-corrected chi connectivity index (χ0v) is 13.1. The standard InChI is InChI=1S/C14H12F3N7O2/c15-14(16,17)1-2-24-20-6-11(22-24)13(26)18-5-10-7-23-12(21-10)3-9(8-25)4-19-23/h3-4,6-8H,1-2,5H2,(H,18,26). The summed E-state index contributed by atoms with van der Waals surface area (Å²) in [7, 11) is 0. The van der Waals surface area contributed by atoms with Gasteiger partial charge in [-0.1, -0.05) is 0 Å². The number of aromatic nitrogens is 6. The largest absolute Gasteiger partial charge is 0.390 e. The van der Waals surface area contributed by atoms with Crippen molar-refractivity contribution in [1.29, 1.82) is 0 Å². The smallest absolute Gasteiger partial charge is 0.345 e. The number of aryl methyl sites for hydroxylation is 1. The number of carbonyl (C=O) groups excluding carboxylic acids is 2. The van der Waals surface area contributed by atoms with Crippen LogP contribution in [-0.2, 0) is 13.1 Å². The molecule has 0 aliphatic heterocycles. The van der Waals surface area contributed by atoms with Gasteiger partial charge in [0.2, 0.25) is 0 Å². The van der Waals surface area contributed by atoms with E-state index in [1.54, 1.807) is 6.20 Å². The van der Waals surface area contributed by atoms with Crippen molar-refractivity contribution in [3.8, 4) is 0 Å². The second kappa shape index (κ2) is 6.90. The van der Waals surface area contributed by atoms with Crippen molar-refractivity contribution in [3.05, 3.63) is 41.6 Å². The highest BCUT2D eigenvalue weighted by atomic mass is 19.4. The molecule has 136 valence electrons. The van der Waals surface area contributed by atoms with Crippen LogP contribution in [0.2, 0.25) is 0 Å². The molecule has 0 aliphatic carbocycles. The van der Waals surface area contributed by atoms with Gasteiger partial charge in [-0.05, 0) is 6.07 Å². The maximum atomic E-state index is 12.2. The van der Waals surface area contributed by atoms with E-state index in [1.165, 1.54) is 16.8 Å². The first-order valence-corrected chi connectivity index (χ1v) is 7.38. The molecule has 3 heterocycles. The fourth-order valence-electron chi connectivity index (χ4n) is 2.09. The predicted octanol–water partition coefficient (Wildman–Crippen LogP) is 1.02. The summed E-state index contributed by atoms with van der Waals surface area (Å²) in [6.45, 7) is -0.415. The van der Waals surface area contributed by atoms with E-state index >= 15 is 0 Å². The molecule has 0 bridgehead atoms. The third-order valence-corrected chi connectivity index (χ3v) is 3.32. The number of rotatable bonds is 6. The van der Waals surface area contributed by atoms with Crippen LogP contribution < -0.4 is 5.32 Å². The zero-order chi connectivity index (χ0) is 18.7. The van der Waals surface area contributed by atoms with Crippen molar-refractivity contribution in [2.75, 3.05) is 0 Å². The van der Waals surface area contributed by atoms with Crippen LogP contribution in [0.1, 0.15) is 33.0 Å². The number of hydrogen-bond donors (Lipinski definition) is 1. The van der Waals surface area contributed by atoms with Crippen molar-refractivity contribution in [1.82, 2.24) is 34.9 Å². The summed E-state index contributed by atoms with van der Waals surface area (Å²) in [4.78, 5) is 27.8. The Morgan fingerprint density at radius 1 is 1.27 bits per heavy atom. The Bertz CT molecular complexity index is 948. The maximum absolute atomic E-state index is 12.2. The number of fused-ring (bicyclic) bond motifs is 1. The van der Waals surface area contributed by atoms with Crippen LogP contribution in [0.4, 0.5) is 13.2 Å². The molecule has 3 aromatic heterocycles. The highest BCUT2D eigenvalue weighted by molar-refractivity contribution is 5.91. The summed E-state index contributed by atoms with van der Waals surface area (Å²) < 4.78 is 38.0. The van der Waals surface area contributed by atoms with Gasteiger partial charge in [-0.25, -0.2) is 9.50 Å². The lowest BCUT2D eigenvalue weighted by Crippen LogP contribution is -2.23. The van der Waals surface area contributed by atoms with Crippen molar-refractivity contribution >= 4 is 17.8 Å².